The highest BCUT2D eigenvalue weighted by Crippen LogP contribution is 2.25. The Kier molecular flexibility index (Phi) is 6.91. The number of anilines is 1. The van der Waals surface area contributed by atoms with E-state index in [1.807, 2.05) is 30.3 Å². The third kappa shape index (κ3) is 5.00. The Hall–Kier alpha value is -4.02. The monoisotopic (exact) mass is 503 g/mol. The standard InChI is InChI=1S/C23H23N3O3.C2HF3O2/c1-29-18-6-3-5-17(14-18)24-10-12-25(13-11-24)23(28)20-15-26-9-8-16-4-2-7-19(21(16)26)22(20)27;3-2(4,5)1(6)7/h2-7,14-15H,8-13H2,1H3;(H,6,7). The van der Waals surface area contributed by atoms with Crippen LogP contribution in [0, 0.1) is 0 Å². The summed E-state index contributed by atoms with van der Waals surface area (Å²) in [7, 11) is 1.66. The first-order valence-corrected chi connectivity index (χ1v) is 11.2. The molecule has 0 saturated carbocycles. The van der Waals surface area contributed by atoms with Crippen molar-refractivity contribution in [1.29, 1.82) is 0 Å². The van der Waals surface area contributed by atoms with Gasteiger partial charge in [0, 0.05) is 56.1 Å². The van der Waals surface area contributed by atoms with Crippen LogP contribution in [0.3, 0.4) is 0 Å². The molecule has 0 spiro atoms. The molecule has 2 aliphatic rings. The minimum Gasteiger partial charge on any atom is -0.497 e. The highest BCUT2D eigenvalue weighted by molar-refractivity contribution is 5.98. The molecule has 5 rings (SSSR count). The largest absolute Gasteiger partial charge is 0.497 e. The lowest BCUT2D eigenvalue weighted by Crippen LogP contribution is -2.49. The second-order valence-corrected chi connectivity index (χ2v) is 8.41. The number of carboxylic acids is 1. The molecule has 8 nitrogen and oxygen atoms in total. The maximum absolute atomic E-state index is 13.2. The number of methoxy groups -OCH3 is 1. The van der Waals surface area contributed by atoms with Crippen LogP contribution in [0.4, 0.5) is 18.9 Å². The van der Waals surface area contributed by atoms with Crippen molar-refractivity contribution >= 4 is 28.5 Å². The number of pyridine rings is 1. The summed E-state index contributed by atoms with van der Waals surface area (Å²) in [4.78, 5) is 39.1. The van der Waals surface area contributed by atoms with Gasteiger partial charge in [0.15, 0.2) is 0 Å². The lowest BCUT2D eigenvalue weighted by molar-refractivity contribution is -0.192. The normalized spacial score (nSPS) is 14.9. The summed E-state index contributed by atoms with van der Waals surface area (Å²) in [5.74, 6) is -2.10. The quantitative estimate of drug-likeness (QED) is 0.591. The number of aryl methyl sites for hydroxylation is 2. The van der Waals surface area contributed by atoms with Gasteiger partial charge in [-0.2, -0.15) is 13.2 Å². The number of para-hydroxylation sites is 1. The number of carboxylic acid groups (broad SMARTS) is 1. The van der Waals surface area contributed by atoms with Crippen molar-refractivity contribution in [2.45, 2.75) is 19.1 Å². The van der Waals surface area contributed by atoms with Crippen LogP contribution in [0.2, 0.25) is 0 Å². The van der Waals surface area contributed by atoms with E-state index in [1.54, 1.807) is 18.2 Å². The molecular weight excluding hydrogens is 479 g/mol. The molecular formula is C25H24F3N3O5. The first kappa shape index (κ1) is 25.1. The molecule has 2 aromatic carbocycles. The number of carbonyl (C=O) groups excluding carboxylic acids is 1. The van der Waals surface area contributed by atoms with Crippen molar-refractivity contribution in [2.24, 2.45) is 0 Å². The van der Waals surface area contributed by atoms with E-state index < -0.39 is 12.1 Å². The van der Waals surface area contributed by atoms with Gasteiger partial charge in [-0.3, -0.25) is 9.59 Å². The average Bonchev–Trinajstić information content (AvgIpc) is 3.29. The third-order valence-electron chi connectivity index (χ3n) is 6.26. The summed E-state index contributed by atoms with van der Waals surface area (Å²) in [5, 5.41) is 7.78. The molecule has 1 N–H and O–H groups in total. The van der Waals surface area contributed by atoms with Crippen molar-refractivity contribution in [1.82, 2.24) is 9.47 Å². The molecule has 36 heavy (non-hydrogen) atoms. The molecule has 0 atom stereocenters. The average molecular weight is 503 g/mol. The molecule has 2 aliphatic heterocycles. The van der Waals surface area contributed by atoms with Crippen LogP contribution in [-0.4, -0.2) is 65.9 Å². The number of amides is 1. The van der Waals surface area contributed by atoms with Crippen molar-refractivity contribution in [3.63, 3.8) is 0 Å². The number of halogens is 3. The van der Waals surface area contributed by atoms with Crippen LogP contribution in [-0.2, 0) is 17.8 Å². The Labute approximate surface area is 204 Å². The Morgan fingerprint density at radius 3 is 2.31 bits per heavy atom. The predicted molar refractivity (Wildman–Crippen MR) is 127 cm³/mol. The fourth-order valence-electron chi connectivity index (χ4n) is 4.45. The molecule has 11 heteroatoms. The number of aromatic nitrogens is 1. The second-order valence-electron chi connectivity index (χ2n) is 8.41. The highest BCUT2D eigenvalue weighted by atomic mass is 19.4. The van der Waals surface area contributed by atoms with Gasteiger partial charge in [-0.15, -0.1) is 0 Å². The number of nitrogens with zero attached hydrogens (tertiary/aromatic N) is 3. The van der Waals surface area contributed by atoms with Crippen molar-refractivity contribution in [2.75, 3.05) is 38.2 Å². The van der Waals surface area contributed by atoms with E-state index in [0.717, 1.165) is 43.0 Å². The van der Waals surface area contributed by atoms with E-state index >= 15 is 0 Å². The van der Waals surface area contributed by atoms with Gasteiger partial charge < -0.3 is 24.2 Å². The predicted octanol–water partition coefficient (Wildman–Crippen LogP) is 3.16. The van der Waals surface area contributed by atoms with Crippen molar-refractivity contribution < 1.29 is 32.6 Å². The number of hydrogen-bond acceptors (Lipinski definition) is 5. The maximum atomic E-state index is 13.2. The molecule has 190 valence electrons. The zero-order valence-corrected chi connectivity index (χ0v) is 19.4. The van der Waals surface area contributed by atoms with Gasteiger partial charge in [-0.25, -0.2) is 4.79 Å². The molecule has 3 aromatic rings. The third-order valence-corrected chi connectivity index (χ3v) is 6.26. The van der Waals surface area contributed by atoms with Crippen LogP contribution >= 0.6 is 0 Å². The molecule has 0 aliphatic carbocycles. The van der Waals surface area contributed by atoms with E-state index in [2.05, 4.69) is 21.6 Å². The summed E-state index contributed by atoms with van der Waals surface area (Å²) in [5.41, 5.74) is 3.39. The number of carbonyl (C=O) groups is 2. The van der Waals surface area contributed by atoms with Crippen LogP contribution in [0.15, 0.2) is 53.5 Å². The molecule has 1 saturated heterocycles. The van der Waals surface area contributed by atoms with Gasteiger partial charge in [0.1, 0.15) is 11.3 Å². The summed E-state index contributed by atoms with van der Waals surface area (Å²) < 4.78 is 39.1. The molecule has 1 amide bonds. The molecule has 0 bridgehead atoms. The van der Waals surface area contributed by atoms with Crippen LogP contribution in [0.1, 0.15) is 15.9 Å². The first-order chi connectivity index (χ1) is 17.1. The maximum Gasteiger partial charge on any atom is 0.490 e. The number of benzene rings is 2. The number of piperazine rings is 1. The number of alkyl halides is 3. The van der Waals surface area contributed by atoms with Crippen LogP contribution in [0.25, 0.3) is 10.9 Å². The van der Waals surface area contributed by atoms with Crippen LogP contribution in [0.5, 0.6) is 5.75 Å². The number of aliphatic carboxylic acids is 1. The Morgan fingerprint density at radius 1 is 1.00 bits per heavy atom. The SMILES string of the molecule is COc1cccc(N2CCN(C(=O)c3cn4c5c(cccc5c3=O)CC4)CC2)c1.O=C(O)C(F)(F)F. The van der Waals surface area contributed by atoms with E-state index in [9.17, 15) is 22.8 Å². The van der Waals surface area contributed by atoms with Crippen LogP contribution < -0.4 is 15.1 Å². The van der Waals surface area contributed by atoms with Crippen molar-refractivity contribution in [3.05, 3.63) is 70.0 Å². The number of ether oxygens (including phenoxy) is 1. The lowest BCUT2D eigenvalue weighted by Gasteiger charge is -2.36. The second kappa shape index (κ2) is 9.92. The van der Waals surface area contributed by atoms with Gasteiger partial charge in [0.05, 0.1) is 12.6 Å². The zero-order chi connectivity index (χ0) is 26.0. The fraction of sp³-hybridized carbons (Fsp3) is 0.320. The van der Waals surface area contributed by atoms with Gasteiger partial charge >= 0.3 is 12.1 Å². The molecule has 0 unspecified atom stereocenters. The van der Waals surface area contributed by atoms with E-state index in [4.69, 9.17) is 14.6 Å². The summed E-state index contributed by atoms with van der Waals surface area (Å²) in [6, 6.07) is 13.8. The minimum atomic E-state index is -5.08. The minimum absolute atomic E-state index is 0.153. The summed E-state index contributed by atoms with van der Waals surface area (Å²) in [6.07, 6.45) is -2.41. The van der Waals surface area contributed by atoms with E-state index in [0.29, 0.717) is 18.5 Å². The topological polar surface area (TPSA) is 92.1 Å². The van der Waals surface area contributed by atoms with Gasteiger partial charge in [0.25, 0.3) is 5.91 Å². The zero-order valence-electron chi connectivity index (χ0n) is 19.4. The summed E-state index contributed by atoms with van der Waals surface area (Å²) >= 11 is 0. The molecule has 3 heterocycles. The van der Waals surface area contributed by atoms with Crippen molar-refractivity contribution in [3.8, 4) is 5.75 Å². The summed E-state index contributed by atoms with van der Waals surface area (Å²) in [6.45, 7) is 3.46. The molecule has 0 radical (unpaired) electrons. The first-order valence-electron chi connectivity index (χ1n) is 11.2. The Bertz CT molecular complexity index is 1360. The fourth-order valence-corrected chi connectivity index (χ4v) is 4.45. The molecule has 1 fully saturated rings. The van der Waals surface area contributed by atoms with Gasteiger partial charge in [-0.05, 0) is 30.2 Å². The van der Waals surface area contributed by atoms with Gasteiger partial charge in [0.2, 0.25) is 5.43 Å². The van der Waals surface area contributed by atoms with E-state index in [-0.39, 0.29) is 16.9 Å². The smallest absolute Gasteiger partial charge is 0.490 e. The van der Waals surface area contributed by atoms with E-state index in [1.165, 1.54) is 5.56 Å². The number of hydrogen-bond donors (Lipinski definition) is 1. The van der Waals surface area contributed by atoms with Gasteiger partial charge in [-0.1, -0.05) is 18.2 Å². The Balaban J connectivity index is 0.000000384. The lowest BCUT2D eigenvalue weighted by atomic mass is 10.1. The Morgan fingerprint density at radius 2 is 1.67 bits per heavy atom. The molecule has 1 aromatic heterocycles. The number of rotatable bonds is 3. The highest BCUT2D eigenvalue weighted by Gasteiger charge is 2.38.